The Balaban J connectivity index is 1.80. The van der Waals surface area contributed by atoms with E-state index in [0.717, 1.165) is 12.4 Å². The number of rotatable bonds is 7. The molecule has 140 valence electrons. The molecular formula is C19H21ClN6O. The molecule has 2 N–H and O–H groups in total. The largest absolute Gasteiger partial charge is 0.325 e. The molecule has 0 atom stereocenters. The molecule has 2 heterocycles. The van der Waals surface area contributed by atoms with Gasteiger partial charge in [-0.3, -0.25) is 15.2 Å². The van der Waals surface area contributed by atoms with E-state index < -0.39 is 0 Å². The predicted molar refractivity (Wildman–Crippen MR) is 107 cm³/mol. The molecule has 0 spiro atoms. The number of aromatic nitrogens is 3. The van der Waals surface area contributed by atoms with Crippen molar-refractivity contribution in [3.63, 3.8) is 0 Å². The normalized spacial score (nSPS) is 10.5. The molecule has 0 bridgehead atoms. The second kappa shape index (κ2) is 8.55. The Morgan fingerprint density at radius 3 is 2.70 bits per heavy atom. The average molecular weight is 385 g/mol. The standard InChI is InChI=1S/C19H21ClN6O/c1-3-25-18(10-11-22-25)23-17-12-16(15(20)13-21-17)24-26(4-2)19(27)14-8-6-5-7-9-14/h5-13H,3-4H2,1-2H3,(H2,21,23,24). The van der Waals surface area contributed by atoms with Gasteiger partial charge in [0.1, 0.15) is 11.6 Å². The molecule has 0 saturated carbocycles. The van der Waals surface area contributed by atoms with Crippen molar-refractivity contribution >= 4 is 34.8 Å². The van der Waals surface area contributed by atoms with Gasteiger partial charge in [0.15, 0.2) is 0 Å². The number of benzene rings is 1. The molecule has 0 saturated heterocycles. The number of nitrogens with one attached hydrogen (secondary N) is 2. The molecule has 0 aliphatic carbocycles. The third-order valence-electron chi connectivity index (χ3n) is 3.97. The minimum atomic E-state index is -0.135. The van der Waals surface area contributed by atoms with Crippen LogP contribution < -0.4 is 10.7 Å². The lowest BCUT2D eigenvalue weighted by Crippen LogP contribution is -2.36. The molecule has 1 aromatic carbocycles. The van der Waals surface area contributed by atoms with E-state index in [1.54, 1.807) is 30.6 Å². The predicted octanol–water partition coefficient (Wildman–Crippen LogP) is 4.18. The van der Waals surface area contributed by atoms with Gasteiger partial charge in [-0.1, -0.05) is 29.8 Å². The summed E-state index contributed by atoms with van der Waals surface area (Å²) >= 11 is 6.28. The second-order valence-electron chi connectivity index (χ2n) is 5.73. The Bertz CT molecular complexity index is 912. The number of hydrogen-bond acceptors (Lipinski definition) is 5. The van der Waals surface area contributed by atoms with Crippen molar-refractivity contribution in [2.45, 2.75) is 20.4 Å². The Labute approximate surface area is 162 Å². The maximum absolute atomic E-state index is 12.7. The first kappa shape index (κ1) is 18.7. The quantitative estimate of drug-likeness (QED) is 0.597. The summed E-state index contributed by atoms with van der Waals surface area (Å²) in [6, 6.07) is 12.7. The first-order chi connectivity index (χ1) is 13.1. The molecule has 0 unspecified atom stereocenters. The number of halogens is 1. The maximum atomic E-state index is 12.7. The number of hydrazine groups is 1. The van der Waals surface area contributed by atoms with E-state index in [4.69, 9.17) is 11.6 Å². The molecule has 2 aromatic heterocycles. The van der Waals surface area contributed by atoms with Crippen molar-refractivity contribution in [2.75, 3.05) is 17.3 Å². The first-order valence-corrected chi connectivity index (χ1v) is 9.08. The summed E-state index contributed by atoms with van der Waals surface area (Å²) in [6.45, 7) is 5.11. The van der Waals surface area contributed by atoms with Gasteiger partial charge in [-0.05, 0) is 26.0 Å². The van der Waals surface area contributed by atoms with Crippen molar-refractivity contribution in [1.82, 2.24) is 19.8 Å². The number of aryl methyl sites for hydroxylation is 1. The number of amides is 1. The summed E-state index contributed by atoms with van der Waals surface area (Å²) in [6.07, 6.45) is 3.26. The van der Waals surface area contributed by atoms with Crippen LogP contribution in [0.1, 0.15) is 24.2 Å². The highest BCUT2D eigenvalue weighted by Crippen LogP contribution is 2.26. The Morgan fingerprint density at radius 1 is 1.22 bits per heavy atom. The van der Waals surface area contributed by atoms with Gasteiger partial charge < -0.3 is 5.32 Å². The fourth-order valence-corrected chi connectivity index (χ4v) is 2.72. The third-order valence-corrected chi connectivity index (χ3v) is 4.27. The Kier molecular flexibility index (Phi) is 5.93. The SMILES string of the molecule is CCN(Nc1cc(Nc2ccnn2CC)ncc1Cl)C(=O)c1ccccc1. The molecular weight excluding hydrogens is 364 g/mol. The summed E-state index contributed by atoms with van der Waals surface area (Å²) in [5.41, 5.74) is 4.28. The molecule has 0 fully saturated rings. The lowest BCUT2D eigenvalue weighted by molar-refractivity contribution is 0.0800. The maximum Gasteiger partial charge on any atom is 0.272 e. The zero-order valence-corrected chi connectivity index (χ0v) is 15.9. The molecule has 3 aromatic rings. The number of hydrogen-bond donors (Lipinski definition) is 2. The summed E-state index contributed by atoms with van der Waals surface area (Å²) in [5, 5.41) is 9.36. The zero-order chi connectivity index (χ0) is 19.2. The van der Waals surface area contributed by atoms with Crippen LogP contribution in [0.3, 0.4) is 0 Å². The highest BCUT2D eigenvalue weighted by atomic mass is 35.5. The first-order valence-electron chi connectivity index (χ1n) is 8.70. The molecule has 7 nitrogen and oxygen atoms in total. The van der Waals surface area contributed by atoms with Gasteiger partial charge in [0.2, 0.25) is 0 Å². The summed E-state index contributed by atoms with van der Waals surface area (Å²) in [4.78, 5) is 17.0. The Hall–Kier alpha value is -3.06. The van der Waals surface area contributed by atoms with Crippen LogP contribution in [0, 0.1) is 0 Å². The van der Waals surface area contributed by atoms with E-state index >= 15 is 0 Å². The van der Waals surface area contributed by atoms with E-state index in [-0.39, 0.29) is 5.91 Å². The molecule has 0 radical (unpaired) electrons. The highest BCUT2D eigenvalue weighted by molar-refractivity contribution is 6.33. The van der Waals surface area contributed by atoms with Gasteiger partial charge in [-0.25, -0.2) is 9.67 Å². The number of nitrogens with zero attached hydrogens (tertiary/aromatic N) is 4. The van der Waals surface area contributed by atoms with Gasteiger partial charge in [0.25, 0.3) is 5.91 Å². The van der Waals surface area contributed by atoms with Crippen LogP contribution in [0.15, 0.2) is 54.9 Å². The van der Waals surface area contributed by atoms with Crippen LogP contribution in [0.2, 0.25) is 5.02 Å². The lowest BCUT2D eigenvalue weighted by atomic mass is 10.2. The minimum Gasteiger partial charge on any atom is -0.325 e. The van der Waals surface area contributed by atoms with Gasteiger partial charge in [-0.15, -0.1) is 0 Å². The van der Waals surface area contributed by atoms with E-state index in [1.807, 2.05) is 42.8 Å². The minimum absolute atomic E-state index is 0.135. The van der Waals surface area contributed by atoms with E-state index in [2.05, 4.69) is 20.8 Å². The summed E-state index contributed by atoms with van der Waals surface area (Å²) in [7, 11) is 0. The topological polar surface area (TPSA) is 75.1 Å². The van der Waals surface area contributed by atoms with E-state index in [9.17, 15) is 4.79 Å². The molecule has 0 aliphatic rings. The molecule has 27 heavy (non-hydrogen) atoms. The fourth-order valence-electron chi connectivity index (χ4n) is 2.57. The zero-order valence-electron chi connectivity index (χ0n) is 15.2. The molecule has 8 heteroatoms. The lowest BCUT2D eigenvalue weighted by Gasteiger charge is -2.24. The molecule has 0 aliphatic heterocycles. The monoisotopic (exact) mass is 384 g/mol. The van der Waals surface area contributed by atoms with Gasteiger partial charge in [-0.2, -0.15) is 5.10 Å². The van der Waals surface area contributed by atoms with Gasteiger partial charge in [0.05, 0.1) is 23.1 Å². The van der Waals surface area contributed by atoms with Crippen molar-refractivity contribution < 1.29 is 4.79 Å². The van der Waals surface area contributed by atoms with Gasteiger partial charge >= 0.3 is 0 Å². The fraction of sp³-hybridized carbons (Fsp3) is 0.211. The van der Waals surface area contributed by atoms with E-state index in [0.29, 0.717) is 28.6 Å². The van der Waals surface area contributed by atoms with Crippen LogP contribution in [-0.2, 0) is 6.54 Å². The van der Waals surface area contributed by atoms with E-state index in [1.165, 1.54) is 5.01 Å². The van der Waals surface area contributed by atoms with Crippen LogP contribution in [-0.4, -0.2) is 32.2 Å². The van der Waals surface area contributed by atoms with Crippen molar-refractivity contribution in [3.05, 3.63) is 65.4 Å². The van der Waals surface area contributed by atoms with Crippen molar-refractivity contribution in [1.29, 1.82) is 0 Å². The van der Waals surface area contributed by atoms with Crippen LogP contribution >= 0.6 is 11.6 Å². The summed E-state index contributed by atoms with van der Waals surface area (Å²) in [5.74, 6) is 1.29. The van der Waals surface area contributed by atoms with Crippen LogP contribution in [0.4, 0.5) is 17.3 Å². The molecule has 3 rings (SSSR count). The highest BCUT2D eigenvalue weighted by Gasteiger charge is 2.16. The smallest absolute Gasteiger partial charge is 0.272 e. The Morgan fingerprint density at radius 2 is 2.00 bits per heavy atom. The number of anilines is 3. The number of carbonyl (C=O) groups is 1. The van der Waals surface area contributed by atoms with Crippen molar-refractivity contribution in [3.8, 4) is 0 Å². The number of carbonyl (C=O) groups excluding carboxylic acids is 1. The molecule has 1 amide bonds. The third kappa shape index (κ3) is 4.38. The summed E-state index contributed by atoms with van der Waals surface area (Å²) < 4.78 is 1.82. The second-order valence-corrected chi connectivity index (χ2v) is 6.14. The van der Waals surface area contributed by atoms with Crippen LogP contribution in [0.25, 0.3) is 0 Å². The van der Waals surface area contributed by atoms with Crippen LogP contribution in [0.5, 0.6) is 0 Å². The number of pyridine rings is 1. The average Bonchev–Trinajstić information content (AvgIpc) is 3.15. The van der Waals surface area contributed by atoms with Gasteiger partial charge in [0, 0.05) is 30.8 Å². The van der Waals surface area contributed by atoms with Crippen molar-refractivity contribution in [2.24, 2.45) is 0 Å².